The first-order chi connectivity index (χ1) is 28.3. The van der Waals surface area contributed by atoms with Gasteiger partial charge in [0, 0.05) is 64.1 Å². The van der Waals surface area contributed by atoms with Crippen molar-refractivity contribution in [1.29, 1.82) is 0 Å². The van der Waals surface area contributed by atoms with E-state index in [2.05, 4.69) is 138 Å². The molecule has 8 aromatic carbocycles. The average molecular weight is 747 g/mol. The van der Waals surface area contributed by atoms with Crippen LogP contribution in [0.3, 0.4) is 0 Å². The van der Waals surface area contributed by atoms with E-state index in [1.807, 2.05) is 59.9 Å². The van der Waals surface area contributed by atoms with Gasteiger partial charge in [-0.25, -0.2) is 15.0 Å². The Hall–Kier alpha value is -7.41. The van der Waals surface area contributed by atoms with E-state index in [0.29, 0.717) is 17.5 Å². The van der Waals surface area contributed by atoms with E-state index >= 15 is 0 Å². The second kappa shape index (κ2) is 12.6. The van der Waals surface area contributed by atoms with Crippen molar-refractivity contribution in [3.05, 3.63) is 182 Å². The SMILES string of the molecule is c1ccc(-c2ccc3c(c2)c2c4sc5c(-c6nc(-c7ccccc7)nc(-c7cccc8oc9ccccc9c78)n6)cccc5c4ccc2n3-c2ccccc2)cc1. The summed E-state index contributed by atoms with van der Waals surface area (Å²) in [6, 6.07) is 63.7. The Bertz CT molecular complexity index is 3510. The van der Waals surface area contributed by atoms with Crippen molar-refractivity contribution in [2.24, 2.45) is 0 Å². The summed E-state index contributed by atoms with van der Waals surface area (Å²) in [4.78, 5) is 15.6. The molecular weight excluding hydrogens is 717 g/mol. The number of thiophene rings is 1. The molecule has 0 bridgehead atoms. The lowest BCUT2D eigenvalue weighted by Gasteiger charge is -2.10. The van der Waals surface area contributed by atoms with Crippen LogP contribution in [0, 0.1) is 0 Å². The third kappa shape index (κ3) is 4.98. The number of fused-ring (bicyclic) bond motifs is 10. The average Bonchev–Trinajstić information content (AvgIpc) is 3.96. The van der Waals surface area contributed by atoms with Crippen LogP contribution in [-0.4, -0.2) is 19.5 Å². The molecule has 57 heavy (non-hydrogen) atoms. The zero-order chi connectivity index (χ0) is 37.5. The largest absolute Gasteiger partial charge is 0.456 e. The number of aromatic nitrogens is 4. The van der Waals surface area contributed by atoms with E-state index in [1.165, 1.54) is 48.4 Å². The van der Waals surface area contributed by atoms with Gasteiger partial charge in [-0.05, 0) is 59.7 Å². The molecule has 266 valence electrons. The Morgan fingerprint density at radius 2 is 1.00 bits per heavy atom. The Morgan fingerprint density at radius 1 is 0.386 bits per heavy atom. The van der Waals surface area contributed by atoms with Crippen LogP contribution in [0.4, 0.5) is 0 Å². The molecule has 0 spiro atoms. The van der Waals surface area contributed by atoms with Crippen LogP contribution in [0.25, 0.3) is 115 Å². The molecule has 6 heteroatoms. The van der Waals surface area contributed by atoms with Crippen LogP contribution in [0.15, 0.2) is 186 Å². The molecule has 0 N–H and O–H groups in total. The van der Waals surface area contributed by atoms with Gasteiger partial charge in [0.25, 0.3) is 0 Å². The summed E-state index contributed by atoms with van der Waals surface area (Å²) in [6.45, 7) is 0. The topological polar surface area (TPSA) is 56.7 Å². The minimum Gasteiger partial charge on any atom is -0.456 e. The van der Waals surface area contributed by atoms with Crippen molar-refractivity contribution < 1.29 is 4.42 Å². The highest BCUT2D eigenvalue weighted by Crippen LogP contribution is 2.46. The molecule has 0 saturated heterocycles. The molecule has 12 rings (SSSR count). The second-order valence-electron chi connectivity index (χ2n) is 14.3. The van der Waals surface area contributed by atoms with Gasteiger partial charge < -0.3 is 8.98 Å². The van der Waals surface area contributed by atoms with Crippen molar-refractivity contribution in [3.63, 3.8) is 0 Å². The number of nitrogens with zero attached hydrogens (tertiary/aromatic N) is 4. The highest BCUT2D eigenvalue weighted by Gasteiger charge is 2.22. The zero-order valence-corrected chi connectivity index (χ0v) is 31.2. The van der Waals surface area contributed by atoms with Gasteiger partial charge in [0.15, 0.2) is 17.5 Å². The van der Waals surface area contributed by atoms with Crippen LogP contribution >= 0.6 is 11.3 Å². The Labute approximate surface area is 330 Å². The van der Waals surface area contributed by atoms with Gasteiger partial charge in [-0.3, -0.25) is 0 Å². The van der Waals surface area contributed by atoms with Gasteiger partial charge >= 0.3 is 0 Å². The predicted octanol–water partition coefficient (Wildman–Crippen LogP) is 13.9. The fraction of sp³-hybridized carbons (Fsp3) is 0. The predicted molar refractivity (Wildman–Crippen MR) is 236 cm³/mol. The van der Waals surface area contributed by atoms with Crippen molar-refractivity contribution in [1.82, 2.24) is 19.5 Å². The van der Waals surface area contributed by atoms with Crippen LogP contribution in [0.2, 0.25) is 0 Å². The quantitative estimate of drug-likeness (QED) is 0.176. The van der Waals surface area contributed by atoms with Crippen molar-refractivity contribution in [3.8, 4) is 51.0 Å². The summed E-state index contributed by atoms with van der Waals surface area (Å²) in [6.07, 6.45) is 0. The maximum Gasteiger partial charge on any atom is 0.165 e. The number of para-hydroxylation sites is 2. The Morgan fingerprint density at radius 3 is 1.82 bits per heavy atom. The number of benzene rings is 8. The molecule has 5 nitrogen and oxygen atoms in total. The lowest BCUT2D eigenvalue weighted by Crippen LogP contribution is -2.00. The Balaban J connectivity index is 1.14. The first kappa shape index (κ1) is 31.9. The molecule has 0 atom stereocenters. The maximum atomic E-state index is 6.29. The van der Waals surface area contributed by atoms with Crippen LogP contribution in [-0.2, 0) is 0 Å². The Kier molecular flexibility index (Phi) is 7.03. The molecule has 0 aliphatic rings. The minimum absolute atomic E-state index is 0.607. The van der Waals surface area contributed by atoms with Gasteiger partial charge in [0.05, 0.1) is 11.0 Å². The molecule has 12 aromatic rings. The van der Waals surface area contributed by atoms with E-state index in [4.69, 9.17) is 19.4 Å². The molecule has 0 fully saturated rings. The summed E-state index contributed by atoms with van der Waals surface area (Å²) in [5.74, 6) is 1.87. The summed E-state index contributed by atoms with van der Waals surface area (Å²) < 4.78 is 11.1. The van der Waals surface area contributed by atoms with Crippen LogP contribution in [0.5, 0.6) is 0 Å². The number of rotatable bonds is 5. The van der Waals surface area contributed by atoms with Gasteiger partial charge in [0.2, 0.25) is 0 Å². The van der Waals surface area contributed by atoms with E-state index < -0.39 is 0 Å². The van der Waals surface area contributed by atoms with Gasteiger partial charge in [-0.2, -0.15) is 0 Å². The first-order valence-electron chi connectivity index (χ1n) is 19.0. The molecule has 0 aliphatic heterocycles. The van der Waals surface area contributed by atoms with Gasteiger partial charge in [-0.1, -0.05) is 133 Å². The summed E-state index contributed by atoms with van der Waals surface area (Å²) in [5.41, 5.74) is 10.3. The van der Waals surface area contributed by atoms with Crippen LogP contribution in [0.1, 0.15) is 0 Å². The molecule has 0 unspecified atom stereocenters. The molecule has 0 amide bonds. The van der Waals surface area contributed by atoms with Crippen LogP contribution < -0.4 is 0 Å². The zero-order valence-electron chi connectivity index (χ0n) is 30.4. The number of hydrogen-bond donors (Lipinski definition) is 0. The molecule has 4 aromatic heterocycles. The van der Waals surface area contributed by atoms with Crippen molar-refractivity contribution in [2.45, 2.75) is 0 Å². The lowest BCUT2D eigenvalue weighted by molar-refractivity contribution is 0.669. The lowest BCUT2D eigenvalue weighted by atomic mass is 10.0. The molecule has 0 saturated carbocycles. The number of hydrogen-bond acceptors (Lipinski definition) is 5. The van der Waals surface area contributed by atoms with Crippen molar-refractivity contribution >= 4 is 75.3 Å². The highest BCUT2D eigenvalue weighted by atomic mass is 32.1. The third-order valence-corrected chi connectivity index (χ3v) is 12.3. The molecular formula is C51H30N4OS. The van der Waals surface area contributed by atoms with E-state index in [9.17, 15) is 0 Å². The summed E-state index contributed by atoms with van der Waals surface area (Å²) >= 11 is 1.82. The van der Waals surface area contributed by atoms with Gasteiger partial charge in [0.1, 0.15) is 11.2 Å². The smallest absolute Gasteiger partial charge is 0.165 e. The van der Waals surface area contributed by atoms with Crippen molar-refractivity contribution in [2.75, 3.05) is 0 Å². The third-order valence-electron chi connectivity index (χ3n) is 11.1. The monoisotopic (exact) mass is 746 g/mol. The van der Waals surface area contributed by atoms with Gasteiger partial charge in [-0.15, -0.1) is 11.3 Å². The molecule has 0 radical (unpaired) electrons. The second-order valence-corrected chi connectivity index (χ2v) is 15.4. The first-order valence-corrected chi connectivity index (χ1v) is 19.8. The molecule has 0 aliphatic carbocycles. The minimum atomic E-state index is 0.607. The maximum absolute atomic E-state index is 6.29. The summed E-state index contributed by atoms with van der Waals surface area (Å²) in [5, 5.41) is 6.90. The summed E-state index contributed by atoms with van der Waals surface area (Å²) in [7, 11) is 0. The number of furan rings is 1. The van der Waals surface area contributed by atoms with E-state index in [1.54, 1.807) is 0 Å². The normalized spacial score (nSPS) is 11.9. The standard InChI is InChI=1S/C51H30N4OS/c1-4-14-31(15-5-1)33-26-28-41-40(30-33)46-42(55(41)34-18-8-3-9-19-34)29-27-36-35-21-12-23-39(47(35)57-48(36)46)51-53-49(32-16-6-2-7-17-32)52-50(54-51)38-22-13-25-44-45(38)37-20-10-11-24-43(37)56-44/h1-30H. The van der Waals surface area contributed by atoms with E-state index in [-0.39, 0.29) is 0 Å². The highest BCUT2D eigenvalue weighted by molar-refractivity contribution is 7.27. The molecule has 4 heterocycles. The fourth-order valence-electron chi connectivity index (χ4n) is 8.49. The fourth-order valence-corrected chi connectivity index (χ4v) is 9.86. The van der Waals surface area contributed by atoms with E-state index in [0.717, 1.165) is 49.0 Å².